The van der Waals surface area contributed by atoms with Crippen molar-refractivity contribution in [2.75, 3.05) is 5.32 Å². The van der Waals surface area contributed by atoms with Gasteiger partial charge in [-0.25, -0.2) is 4.98 Å². The van der Waals surface area contributed by atoms with E-state index in [1.807, 2.05) is 41.8 Å². The number of hydrogen-bond donors (Lipinski definition) is 2. The summed E-state index contributed by atoms with van der Waals surface area (Å²) in [5.74, 6) is 1.50. The Balaban J connectivity index is 1.29. The van der Waals surface area contributed by atoms with Gasteiger partial charge in [-0.2, -0.15) is 4.98 Å². The molecule has 0 fully saturated rings. The Labute approximate surface area is 147 Å². The van der Waals surface area contributed by atoms with Gasteiger partial charge in [0.05, 0.1) is 15.9 Å². The highest BCUT2D eigenvalue weighted by Gasteiger charge is 2.11. The van der Waals surface area contributed by atoms with E-state index >= 15 is 0 Å². The number of carbonyl (C=O) groups is 1. The Bertz CT molecular complexity index is 956. The maximum absolute atomic E-state index is 12.0. The van der Waals surface area contributed by atoms with E-state index in [0.29, 0.717) is 36.9 Å². The molecule has 0 aliphatic rings. The first-order chi connectivity index (χ1) is 12.3. The molecule has 0 aliphatic carbocycles. The Morgan fingerprint density at radius 3 is 2.96 bits per heavy atom. The van der Waals surface area contributed by atoms with Crippen molar-refractivity contribution in [3.8, 4) is 10.7 Å². The number of hydrogen-bond acceptors (Lipinski definition) is 6. The number of aromatic nitrogens is 4. The summed E-state index contributed by atoms with van der Waals surface area (Å²) in [7, 11) is 0. The number of nitrogens with zero attached hydrogens (tertiary/aromatic N) is 3. The molecule has 2 N–H and O–H groups in total. The van der Waals surface area contributed by atoms with Crippen LogP contribution in [0.25, 0.3) is 21.7 Å². The molecule has 7 nitrogen and oxygen atoms in total. The van der Waals surface area contributed by atoms with E-state index in [0.717, 1.165) is 15.9 Å². The van der Waals surface area contributed by atoms with Crippen molar-refractivity contribution < 1.29 is 9.32 Å². The lowest BCUT2D eigenvalue weighted by molar-refractivity contribution is -0.116. The average Bonchev–Trinajstić information content (AvgIpc) is 3.34. The van der Waals surface area contributed by atoms with Crippen LogP contribution in [-0.4, -0.2) is 26.0 Å². The van der Waals surface area contributed by atoms with Crippen molar-refractivity contribution in [2.45, 2.75) is 19.3 Å². The first kappa shape index (κ1) is 15.5. The van der Waals surface area contributed by atoms with Crippen molar-refractivity contribution in [2.24, 2.45) is 0 Å². The van der Waals surface area contributed by atoms with Crippen molar-refractivity contribution in [1.82, 2.24) is 20.1 Å². The molecule has 0 spiro atoms. The number of rotatable bonds is 6. The number of imidazole rings is 1. The van der Waals surface area contributed by atoms with Crippen LogP contribution in [-0.2, 0) is 11.2 Å². The average molecular weight is 353 g/mol. The van der Waals surface area contributed by atoms with E-state index < -0.39 is 0 Å². The van der Waals surface area contributed by atoms with Crippen LogP contribution in [0.4, 0.5) is 5.95 Å². The van der Waals surface area contributed by atoms with Crippen LogP contribution in [0.1, 0.15) is 18.7 Å². The summed E-state index contributed by atoms with van der Waals surface area (Å²) in [6, 6.07) is 11.5. The molecule has 0 bridgehead atoms. The van der Waals surface area contributed by atoms with Crippen LogP contribution < -0.4 is 5.32 Å². The Morgan fingerprint density at radius 2 is 2.12 bits per heavy atom. The number of aromatic amines is 1. The number of anilines is 1. The second kappa shape index (κ2) is 6.86. The summed E-state index contributed by atoms with van der Waals surface area (Å²) in [5.41, 5.74) is 1.72. The number of benzene rings is 1. The molecule has 0 saturated carbocycles. The minimum Gasteiger partial charge on any atom is -0.339 e. The first-order valence-electron chi connectivity index (χ1n) is 7.89. The fourth-order valence-electron chi connectivity index (χ4n) is 2.47. The fourth-order valence-corrected chi connectivity index (χ4v) is 3.12. The fraction of sp³-hybridized carbons (Fsp3) is 0.176. The highest BCUT2D eigenvalue weighted by Crippen LogP contribution is 2.21. The van der Waals surface area contributed by atoms with Gasteiger partial charge in [-0.05, 0) is 30.0 Å². The number of para-hydroxylation sites is 2. The topological polar surface area (TPSA) is 96.7 Å². The maximum atomic E-state index is 12.0. The Kier molecular flexibility index (Phi) is 4.26. The molecule has 0 radical (unpaired) electrons. The van der Waals surface area contributed by atoms with Crippen LogP contribution in [0.15, 0.2) is 46.3 Å². The number of nitrogens with one attached hydrogen (secondary N) is 2. The lowest BCUT2D eigenvalue weighted by Crippen LogP contribution is -2.12. The van der Waals surface area contributed by atoms with Crippen molar-refractivity contribution >= 4 is 34.2 Å². The van der Waals surface area contributed by atoms with E-state index in [1.165, 1.54) is 0 Å². The predicted octanol–water partition coefficient (Wildman–Crippen LogP) is 3.64. The molecule has 0 atom stereocenters. The summed E-state index contributed by atoms with van der Waals surface area (Å²) in [5, 5.41) is 8.70. The van der Waals surface area contributed by atoms with Gasteiger partial charge in [-0.1, -0.05) is 23.4 Å². The van der Waals surface area contributed by atoms with Crippen molar-refractivity contribution in [1.29, 1.82) is 0 Å². The standard InChI is InChI=1S/C17H15N5O2S/c23-14(20-17-18-11-5-1-2-6-12(11)19-17)8-3-9-15-21-16(22-24-15)13-7-4-10-25-13/h1-2,4-7,10H,3,8-9H2,(H2,18,19,20,23). The largest absolute Gasteiger partial charge is 0.339 e. The van der Waals surface area contributed by atoms with Crippen LogP contribution in [0.2, 0.25) is 0 Å². The van der Waals surface area contributed by atoms with Crippen molar-refractivity contribution in [3.63, 3.8) is 0 Å². The summed E-state index contributed by atoms with van der Waals surface area (Å²) in [6.45, 7) is 0. The van der Waals surface area contributed by atoms with Gasteiger partial charge < -0.3 is 9.51 Å². The molecule has 4 aromatic rings. The number of fused-ring (bicyclic) bond motifs is 1. The molecule has 0 saturated heterocycles. The Morgan fingerprint density at radius 1 is 1.20 bits per heavy atom. The van der Waals surface area contributed by atoms with Crippen LogP contribution in [0.5, 0.6) is 0 Å². The van der Waals surface area contributed by atoms with Crippen LogP contribution >= 0.6 is 11.3 Å². The molecule has 1 amide bonds. The second-order valence-electron chi connectivity index (χ2n) is 5.49. The number of amides is 1. The third-order valence-corrected chi connectivity index (χ3v) is 4.52. The quantitative estimate of drug-likeness (QED) is 0.552. The van der Waals surface area contributed by atoms with Gasteiger partial charge in [0, 0.05) is 12.8 Å². The lowest BCUT2D eigenvalue weighted by Gasteiger charge is -2.00. The molecular weight excluding hydrogens is 338 g/mol. The number of carbonyl (C=O) groups excluding carboxylic acids is 1. The van der Waals surface area contributed by atoms with Crippen molar-refractivity contribution in [3.05, 3.63) is 47.7 Å². The first-order valence-corrected chi connectivity index (χ1v) is 8.77. The molecule has 3 aromatic heterocycles. The zero-order valence-electron chi connectivity index (χ0n) is 13.2. The molecule has 0 unspecified atom stereocenters. The second-order valence-corrected chi connectivity index (χ2v) is 6.44. The summed E-state index contributed by atoms with van der Waals surface area (Å²) >= 11 is 1.56. The predicted molar refractivity (Wildman–Crippen MR) is 95.3 cm³/mol. The zero-order chi connectivity index (χ0) is 17.1. The highest BCUT2D eigenvalue weighted by molar-refractivity contribution is 7.13. The molecule has 3 heterocycles. The summed E-state index contributed by atoms with van der Waals surface area (Å²) in [6.07, 6.45) is 1.54. The molecule has 8 heteroatoms. The SMILES string of the molecule is O=C(CCCc1nc(-c2cccs2)no1)Nc1nc2ccccc2[nH]1. The smallest absolute Gasteiger partial charge is 0.226 e. The van der Waals surface area contributed by atoms with E-state index in [-0.39, 0.29) is 5.91 Å². The number of thiophene rings is 1. The Hall–Kier alpha value is -3.00. The maximum Gasteiger partial charge on any atom is 0.226 e. The van der Waals surface area contributed by atoms with Gasteiger partial charge in [0.2, 0.25) is 23.6 Å². The normalized spacial score (nSPS) is 11.0. The third-order valence-electron chi connectivity index (χ3n) is 3.65. The molecular formula is C17H15N5O2S. The van der Waals surface area contributed by atoms with E-state index in [4.69, 9.17) is 4.52 Å². The summed E-state index contributed by atoms with van der Waals surface area (Å²) < 4.78 is 5.22. The van der Waals surface area contributed by atoms with Gasteiger partial charge >= 0.3 is 0 Å². The molecule has 25 heavy (non-hydrogen) atoms. The summed E-state index contributed by atoms with van der Waals surface area (Å²) in [4.78, 5) is 24.7. The minimum absolute atomic E-state index is 0.1000. The lowest BCUT2D eigenvalue weighted by atomic mass is 10.2. The van der Waals surface area contributed by atoms with Gasteiger partial charge in [-0.3, -0.25) is 10.1 Å². The zero-order valence-corrected chi connectivity index (χ0v) is 14.0. The third kappa shape index (κ3) is 3.58. The van der Waals surface area contributed by atoms with Crippen LogP contribution in [0.3, 0.4) is 0 Å². The van der Waals surface area contributed by atoms with E-state index in [9.17, 15) is 4.79 Å². The van der Waals surface area contributed by atoms with Gasteiger partial charge in [0.15, 0.2) is 0 Å². The van der Waals surface area contributed by atoms with Gasteiger partial charge in [-0.15, -0.1) is 11.3 Å². The van der Waals surface area contributed by atoms with Crippen LogP contribution in [0, 0.1) is 0 Å². The highest BCUT2D eigenvalue weighted by atomic mass is 32.1. The monoisotopic (exact) mass is 353 g/mol. The number of aryl methyl sites for hydroxylation is 1. The van der Waals surface area contributed by atoms with E-state index in [1.54, 1.807) is 11.3 Å². The van der Waals surface area contributed by atoms with Gasteiger partial charge in [0.1, 0.15) is 0 Å². The molecule has 0 aliphatic heterocycles. The molecule has 4 rings (SSSR count). The minimum atomic E-state index is -0.1000. The molecule has 1 aromatic carbocycles. The number of H-pyrrole nitrogens is 1. The van der Waals surface area contributed by atoms with E-state index in [2.05, 4.69) is 25.4 Å². The van der Waals surface area contributed by atoms with Gasteiger partial charge in [0.25, 0.3) is 0 Å². The molecule has 126 valence electrons.